The number of aryl methyl sites for hydroxylation is 1. The number of ketones is 1. The van der Waals surface area contributed by atoms with E-state index in [2.05, 4.69) is 40.8 Å². The zero-order valence-corrected chi connectivity index (χ0v) is 20.7. The number of hydrogen-bond donors (Lipinski definition) is 1. The quantitative estimate of drug-likeness (QED) is 0.253. The Balaban J connectivity index is 1.55. The van der Waals surface area contributed by atoms with Crippen molar-refractivity contribution in [1.82, 2.24) is 9.55 Å². The SMILES string of the molecule is CC(C)c1c(C(=O)CCc2ccc(F)c(F)c2)c2ccc(NC3CCC3)cc2n1Cc1ccccn1. The van der Waals surface area contributed by atoms with E-state index in [1.165, 1.54) is 31.4 Å². The first-order chi connectivity index (χ1) is 17.4. The summed E-state index contributed by atoms with van der Waals surface area (Å²) in [5.41, 5.74) is 5.29. The molecule has 2 heterocycles. The Labute approximate surface area is 210 Å². The second-order valence-corrected chi connectivity index (χ2v) is 10.00. The predicted molar refractivity (Wildman–Crippen MR) is 140 cm³/mol. The minimum Gasteiger partial charge on any atom is -0.382 e. The molecule has 0 spiro atoms. The number of anilines is 1. The Hall–Kier alpha value is -3.54. The van der Waals surface area contributed by atoms with E-state index in [-0.39, 0.29) is 18.1 Å². The van der Waals surface area contributed by atoms with Crippen LogP contribution in [-0.2, 0) is 13.0 Å². The molecule has 1 fully saturated rings. The molecule has 2 aromatic carbocycles. The van der Waals surface area contributed by atoms with Crippen LogP contribution in [0.1, 0.15) is 72.8 Å². The summed E-state index contributed by atoms with van der Waals surface area (Å²) in [5.74, 6) is -1.66. The van der Waals surface area contributed by atoms with Crippen LogP contribution in [0.2, 0.25) is 0 Å². The minimum absolute atomic E-state index is 0.00732. The maximum Gasteiger partial charge on any atom is 0.165 e. The first-order valence-electron chi connectivity index (χ1n) is 12.7. The van der Waals surface area contributed by atoms with Gasteiger partial charge in [0.1, 0.15) is 0 Å². The van der Waals surface area contributed by atoms with Gasteiger partial charge >= 0.3 is 0 Å². The Morgan fingerprint density at radius 2 is 1.92 bits per heavy atom. The van der Waals surface area contributed by atoms with Gasteiger partial charge in [0.15, 0.2) is 17.4 Å². The number of benzene rings is 2. The number of rotatable bonds is 9. The first kappa shape index (κ1) is 24.2. The van der Waals surface area contributed by atoms with Crippen LogP contribution in [-0.4, -0.2) is 21.4 Å². The number of nitrogens with zero attached hydrogens (tertiary/aromatic N) is 2. The van der Waals surface area contributed by atoms with E-state index in [1.807, 2.05) is 24.3 Å². The van der Waals surface area contributed by atoms with Crippen molar-refractivity contribution in [2.45, 2.75) is 64.5 Å². The molecule has 0 unspecified atom stereocenters. The maximum atomic E-state index is 13.7. The van der Waals surface area contributed by atoms with Crippen molar-refractivity contribution in [3.05, 3.63) is 94.9 Å². The molecule has 1 aliphatic rings. The summed E-state index contributed by atoms with van der Waals surface area (Å²) >= 11 is 0. The largest absolute Gasteiger partial charge is 0.382 e. The Bertz CT molecular complexity index is 1390. The lowest BCUT2D eigenvalue weighted by Gasteiger charge is -2.27. The van der Waals surface area contributed by atoms with E-state index in [9.17, 15) is 13.6 Å². The average molecular weight is 488 g/mol. The summed E-state index contributed by atoms with van der Waals surface area (Å²) in [7, 11) is 0. The second-order valence-electron chi connectivity index (χ2n) is 10.00. The number of aromatic nitrogens is 2. The average Bonchev–Trinajstić information content (AvgIpc) is 3.16. The van der Waals surface area contributed by atoms with Crippen LogP contribution >= 0.6 is 0 Å². The summed E-state index contributed by atoms with van der Waals surface area (Å²) in [4.78, 5) is 18.2. The molecule has 4 aromatic rings. The molecule has 0 saturated heterocycles. The molecule has 0 radical (unpaired) electrons. The van der Waals surface area contributed by atoms with Gasteiger partial charge in [0.2, 0.25) is 0 Å². The molecule has 6 heteroatoms. The van der Waals surface area contributed by atoms with Crippen molar-refractivity contribution in [2.24, 2.45) is 0 Å². The van der Waals surface area contributed by atoms with Crippen LogP contribution in [0.5, 0.6) is 0 Å². The molecular formula is C30H31F2N3O. The Morgan fingerprint density at radius 1 is 1.08 bits per heavy atom. The third kappa shape index (κ3) is 4.90. The topological polar surface area (TPSA) is 46.9 Å². The number of carbonyl (C=O) groups is 1. The second kappa shape index (κ2) is 10.2. The number of pyridine rings is 1. The number of Topliss-reactive ketones (excluding diaryl/α,β-unsaturated/α-hetero) is 1. The number of hydrogen-bond acceptors (Lipinski definition) is 3. The van der Waals surface area contributed by atoms with Crippen molar-refractivity contribution in [2.75, 3.05) is 5.32 Å². The van der Waals surface area contributed by atoms with Gasteiger partial charge in [-0.05, 0) is 73.6 Å². The lowest BCUT2D eigenvalue weighted by atomic mass is 9.93. The molecule has 1 aliphatic carbocycles. The van der Waals surface area contributed by atoms with Crippen LogP contribution in [0.25, 0.3) is 10.9 Å². The number of carbonyl (C=O) groups excluding carboxylic acids is 1. The molecule has 5 rings (SSSR count). The van der Waals surface area contributed by atoms with Crippen molar-refractivity contribution in [1.29, 1.82) is 0 Å². The fraction of sp³-hybridized carbons (Fsp3) is 0.333. The predicted octanol–water partition coefficient (Wildman–Crippen LogP) is 7.27. The highest BCUT2D eigenvalue weighted by molar-refractivity contribution is 6.10. The summed E-state index contributed by atoms with van der Waals surface area (Å²) < 4.78 is 29.3. The van der Waals surface area contributed by atoms with Crippen molar-refractivity contribution < 1.29 is 13.6 Å². The Kier molecular flexibility index (Phi) is 6.86. The normalized spacial score (nSPS) is 13.8. The molecule has 1 N–H and O–H groups in total. The standard InChI is InChI=1S/C30H31F2N3O/c1-19(2)30-29(28(36)14-10-20-9-13-25(31)26(32)16-20)24-12-11-22(34-21-7-5-8-21)17-27(24)35(30)18-23-6-3-4-15-33-23/h3-4,6,9,11-13,15-17,19,21,34H,5,7-8,10,14,18H2,1-2H3. The van der Waals surface area contributed by atoms with Gasteiger partial charge in [-0.3, -0.25) is 9.78 Å². The summed E-state index contributed by atoms with van der Waals surface area (Å²) in [6, 6.07) is 16.4. The number of halogens is 2. The molecule has 0 atom stereocenters. The van der Waals surface area contributed by atoms with E-state index in [1.54, 1.807) is 6.20 Å². The van der Waals surface area contributed by atoms with Crippen LogP contribution in [0, 0.1) is 11.6 Å². The highest BCUT2D eigenvalue weighted by Gasteiger charge is 2.25. The van der Waals surface area contributed by atoms with Gasteiger partial charge in [0, 0.05) is 41.0 Å². The molecule has 36 heavy (non-hydrogen) atoms. The van der Waals surface area contributed by atoms with E-state index >= 15 is 0 Å². The third-order valence-corrected chi connectivity index (χ3v) is 7.08. The van der Waals surface area contributed by atoms with Crippen LogP contribution < -0.4 is 5.32 Å². The van der Waals surface area contributed by atoms with Crippen molar-refractivity contribution in [3.63, 3.8) is 0 Å². The highest BCUT2D eigenvalue weighted by Crippen LogP contribution is 2.35. The first-order valence-corrected chi connectivity index (χ1v) is 12.7. The summed E-state index contributed by atoms with van der Waals surface area (Å²) in [6.07, 6.45) is 5.96. The van der Waals surface area contributed by atoms with Crippen molar-refractivity contribution in [3.8, 4) is 0 Å². The van der Waals surface area contributed by atoms with E-state index in [0.29, 0.717) is 30.1 Å². The van der Waals surface area contributed by atoms with Crippen molar-refractivity contribution >= 4 is 22.4 Å². The zero-order chi connectivity index (χ0) is 25.2. The smallest absolute Gasteiger partial charge is 0.165 e. The molecule has 2 aromatic heterocycles. The minimum atomic E-state index is -0.888. The molecular weight excluding hydrogens is 456 g/mol. The molecule has 0 amide bonds. The fourth-order valence-corrected chi connectivity index (χ4v) is 5.04. The molecule has 4 nitrogen and oxygen atoms in total. The van der Waals surface area contributed by atoms with Crippen LogP contribution in [0.4, 0.5) is 14.5 Å². The van der Waals surface area contributed by atoms with Crippen LogP contribution in [0.3, 0.4) is 0 Å². The fourth-order valence-electron chi connectivity index (χ4n) is 5.04. The lowest BCUT2D eigenvalue weighted by molar-refractivity contribution is 0.0983. The number of nitrogens with one attached hydrogen (secondary N) is 1. The van der Waals surface area contributed by atoms with E-state index in [4.69, 9.17) is 0 Å². The van der Waals surface area contributed by atoms with Gasteiger partial charge in [-0.1, -0.05) is 32.0 Å². The highest BCUT2D eigenvalue weighted by atomic mass is 19.2. The van der Waals surface area contributed by atoms with Gasteiger partial charge in [-0.15, -0.1) is 0 Å². The van der Waals surface area contributed by atoms with Gasteiger partial charge < -0.3 is 9.88 Å². The van der Waals surface area contributed by atoms with Crippen LogP contribution in [0.15, 0.2) is 60.8 Å². The summed E-state index contributed by atoms with van der Waals surface area (Å²) in [5, 5.41) is 4.55. The molecule has 186 valence electrons. The van der Waals surface area contributed by atoms with E-state index < -0.39 is 11.6 Å². The number of fused-ring (bicyclic) bond motifs is 1. The summed E-state index contributed by atoms with van der Waals surface area (Å²) in [6.45, 7) is 4.76. The van der Waals surface area contributed by atoms with Gasteiger partial charge in [0.05, 0.1) is 17.8 Å². The maximum absolute atomic E-state index is 13.7. The van der Waals surface area contributed by atoms with Gasteiger partial charge in [0.25, 0.3) is 0 Å². The van der Waals surface area contributed by atoms with Gasteiger partial charge in [-0.2, -0.15) is 0 Å². The monoisotopic (exact) mass is 487 g/mol. The lowest BCUT2D eigenvalue weighted by Crippen LogP contribution is -2.26. The zero-order valence-electron chi connectivity index (χ0n) is 20.7. The molecule has 0 bridgehead atoms. The third-order valence-electron chi connectivity index (χ3n) is 7.08. The Morgan fingerprint density at radius 3 is 2.58 bits per heavy atom. The van der Waals surface area contributed by atoms with Gasteiger partial charge in [-0.25, -0.2) is 8.78 Å². The molecule has 1 saturated carbocycles. The van der Waals surface area contributed by atoms with E-state index in [0.717, 1.165) is 34.0 Å². The molecule has 0 aliphatic heterocycles.